The molecule has 1 unspecified atom stereocenters. The van der Waals surface area contributed by atoms with Gasteiger partial charge in [-0.05, 0) is 23.1 Å². The summed E-state index contributed by atoms with van der Waals surface area (Å²) in [4.78, 5) is 1.03. The minimum absolute atomic E-state index is 0.100. The molecule has 1 aliphatic carbocycles. The van der Waals surface area contributed by atoms with Crippen LogP contribution in [-0.4, -0.2) is 16.0 Å². The van der Waals surface area contributed by atoms with Gasteiger partial charge >= 0.3 is 0 Å². The second kappa shape index (κ2) is 3.89. The van der Waals surface area contributed by atoms with E-state index in [-0.39, 0.29) is 5.92 Å². The van der Waals surface area contributed by atoms with E-state index in [4.69, 9.17) is 5.21 Å². The monoisotopic (exact) mass is 245 g/mol. The molecule has 2 N–H and O–H groups in total. The zero-order chi connectivity index (χ0) is 11.8. The number of rotatable bonds is 1. The molecule has 86 valence electrons. The number of aromatic hydroxyl groups is 1. The van der Waals surface area contributed by atoms with Crippen molar-refractivity contribution < 1.29 is 10.3 Å². The van der Waals surface area contributed by atoms with Gasteiger partial charge in [0.2, 0.25) is 0 Å². The number of thiophene rings is 1. The predicted molar refractivity (Wildman–Crippen MR) is 67.2 cm³/mol. The molecule has 1 atom stereocenters. The summed E-state index contributed by atoms with van der Waals surface area (Å²) in [6, 6.07) is 9.37. The lowest BCUT2D eigenvalue weighted by molar-refractivity contribution is 0.318. The normalized spacial score (nSPS) is 20.7. The number of hydrogen-bond acceptors (Lipinski definition) is 4. The van der Waals surface area contributed by atoms with Crippen LogP contribution in [0.3, 0.4) is 0 Å². The summed E-state index contributed by atoms with van der Waals surface area (Å²) >= 11 is 1.58. The zero-order valence-corrected chi connectivity index (χ0v) is 9.81. The first-order valence-electron chi connectivity index (χ1n) is 5.38. The van der Waals surface area contributed by atoms with Crippen molar-refractivity contribution in [1.29, 1.82) is 0 Å². The largest absolute Gasteiger partial charge is 0.508 e. The third-order valence-electron chi connectivity index (χ3n) is 3.16. The smallest absolute Gasteiger partial charge is 0.119 e. The molecule has 0 spiro atoms. The number of para-hydroxylation sites is 1. The SMILES string of the molecule is ON=C1CC(c2ccccc2O)c2ccsc21. The van der Waals surface area contributed by atoms with Gasteiger partial charge in [0.05, 0.1) is 10.6 Å². The van der Waals surface area contributed by atoms with Crippen molar-refractivity contribution in [3.05, 3.63) is 51.7 Å². The maximum absolute atomic E-state index is 9.89. The molecule has 0 radical (unpaired) electrons. The molecule has 4 heteroatoms. The third-order valence-corrected chi connectivity index (χ3v) is 4.14. The van der Waals surface area contributed by atoms with Gasteiger partial charge in [0, 0.05) is 17.9 Å². The van der Waals surface area contributed by atoms with Gasteiger partial charge in [-0.2, -0.15) is 0 Å². The number of nitrogens with zero attached hydrogens (tertiary/aromatic N) is 1. The Morgan fingerprint density at radius 1 is 1.18 bits per heavy atom. The highest BCUT2D eigenvalue weighted by molar-refractivity contribution is 7.12. The molecule has 3 rings (SSSR count). The topological polar surface area (TPSA) is 52.8 Å². The molecule has 3 nitrogen and oxygen atoms in total. The summed E-state index contributed by atoms with van der Waals surface area (Å²) in [6.07, 6.45) is 0.649. The second-order valence-electron chi connectivity index (χ2n) is 4.07. The van der Waals surface area contributed by atoms with Gasteiger partial charge in [0.25, 0.3) is 0 Å². The molecule has 0 amide bonds. The highest BCUT2D eigenvalue weighted by atomic mass is 32.1. The standard InChI is InChI=1S/C13H11NO2S/c15-12-4-2-1-3-8(12)10-7-11(14-16)13-9(10)5-6-17-13/h1-6,10,15-16H,7H2. The van der Waals surface area contributed by atoms with Crippen LogP contribution < -0.4 is 0 Å². The van der Waals surface area contributed by atoms with E-state index >= 15 is 0 Å². The molecule has 0 fully saturated rings. The zero-order valence-electron chi connectivity index (χ0n) is 9.00. The Bertz CT molecular complexity index is 589. The fraction of sp³-hybridized carbons (Fsp3) is 0.154. The Balaban J connectivity index is 2.12. The molecule has 1 aromatic carbocycles. The van der Waals surface area contributed by atoms with Crippen LogP contribution in [0.15, 0.2) is 40.9 Å². The molecule has 0 aliphatic heterocycles. The quantitative estimate of drug-likeness (QED) is 0.599. The van der Waals surface area contributed by atoms with E-state index in [1.165, 1.54) is 0 Å². The minimum atomic E-state index is 0.100. The minimum Gasteiger partial charge on any atom is -0.508 e. The van der Waals surface area contributed by atoms with E-state index in [1.807, 2.05) is 29.6 Å². The van der Waals surface area contributed by atoms with E-state index in [1.54, 1.807) is 17.4 Å². The summed E-state index contributed by atoms with van der Waals surface area (Å²) < 4.78 is 0. The number of hydrogen-bond donors (Lipinski definition) is 2. The number of fused-ring (bicyclic) bond motifs is 1. The van der Waals surface area contributed by atoms with Gasteiger partial charge in [-0.15, -0.1) is 11.3 Å². The Labute approximate surface area is 103 Å². The first kappa shape index (κ1) is 10.4. The van der Waals surface area contributed by atoms with Gasteiger partial charge in [-0.25, -0.2) is 0 Å². The van der Waals surface area contributed by atoms with E-state index in [0.29, 0.717) is 17.9 Å². The molecule has 17 heavy (non-hydrogen) atoms. The molecule has 1 aromatic heterocycles. The van der Waals surface area contributed by atoms with Crippen LogP contribution in [0.5, 0.6) is 5.75 Å². The maximum atomic E-state index is 9.89. The second-order valence-corrected chi connectivity index (χ2v) is 4.98. The van der Waals surface area contributed by atoms with Gasteiger partial charge in [0.15, 0.2) is 0 Å². The van der Waals surface area contributed by atoms with Gasteiger partial charge < -0.3 is 10.3 Å². The predicted octanol–water partition coefficient (Wildman–Crippen LogP) is 3.17. The van der Waals surface area contributed by atoms with Crippen molar-refractivity contribution in [2.24, 2.45) is 5.16 Å². The molecule has 0 bridgehead atoms. The maximum Gasteiger partial charge on any atom is 0.119 e. The van der Waals surface area contributed by atoms with E-state index in [9.17, 15) is 5.11 Å². The van der Waals surface area contributed by atoms with Crippen molar-refractivity contribution in [2.45, 2.75) is 12.3 Å². The molecule has 0 saturated heterocycles. The Hall–Kier alpha value is -1.81. The molecule has 1 aliphatic rings. The first-order chi connectivity index (χ1) is 8.31. The summed E-state index contributed by atoms with van der Waals surface area (Å²) in [5, 5.41) is 24.2. The van der Waals surface area contributed by atoms with Gasteiger partial charge in [-0.3, -0.25) is 0 Å². The fourth-order valence-electron chi connectivity index (χ4n) is 2.37. The summed E-state index contributed by atoms with van der Waals surface area (Å²) in [5.41, 5.74) is 2.75. The van der Waals surface area contributed by atoms with Crippen molar-refractivity contribution in [3.8, 4) is 5.75 Å². The molecule has 0 saturated carbocycles. The number of phenolic OH excluding ortho intramolecular Hbond substituents is 1. The van der Waals surface area contributed by atoms with Crippen LogP contribution in [0.4, 0.5) is 0 Å². The van der Waals surface area contributed by atoms with Crippen molar-refractivity contribution >= 4 is 17.0 Å². The van der Waals surface area contributed by atoms with E-state index < -0.39 is 0 Å². The van der Waals surface area contributed by atoms with Crippen LogP contribution in [0, 0.1) is 0 Å². The summed E-state index contributed by atoms with van der Waals surface area (Å²) in [7, 11) is 0. The molecular weight excluding hydrogens is 234 g/mol. The Morgan fingerprint density at radius 3 is 2.76 bits per heavy atom. The highest BCUT2D eigenvalue weighted by Crippen LogP contribution is 2.43. The van der Waals surface area contributed by atoms with Crippen LogP contribution in [0.2, 0.25) is 0 Å². The van der Waals surface area contributed by atoms with Crippen LogP contribution in [0.1, 0.15) is 28.3 Å². The third kappa shape index (κ3) is 1.52. The van der Waals surface area contributed by atoms with Gasteiger partial charge in [-0.1, -0.05) is 23.4 Å². The summed E-state index contributed by atoms with van der Waals surface area (Å²) in [6.45, 7) is 0. The number of phenols is 1. The number of benzene rings is 1. The Kier molecular flexibility index (Phi) is 2.37. The number of oxime groups is 1. The van der Waals surface area contributed by atoms with Crippen molar-refractivity contribution in [3.63, 3.8) is 0 Å². The van der Waals surface area contributed by atoms with E-state index in [2.05, 4.69) is 5.16 Å². The molecule has 1 heterocycles. The lowest BCUT2D eigenvalue weighted by Gasteiger charge is -2.11. The first-order valence-corrected chi connectivity index (χ1v) is 6.26. The lowest BCUT2D eigenvalue weighted by atomic mass is 9.93. The highest BCUT2D eigenvalue weighted by Gasteiger charge is 2.31. The van der Waals surface area contributed by atoms with Crippen molar-refractivity contribution in [2.75, 3.05) is 0 Å². The lowest BCUT2D eigenvalue weighted by Crippen LogP contribution is -1.98. The average Bonchev–Trinajstić information content (AvgIpc) is 2.91. The Morgan fingerprint density at radius 2 is 2.00 bits per heavy atom. The van der Waals surface area contributed by atoms with Gasteiger partial charge in [0.1, 0.15) is 5.75 Å². The molecule has 2 aromatic rings. The van der Waals surface area contributed by atoms with Crippen molar-refractivity contribution in [1.82, 2.24) is 0 Å². The fourth-order valence-corrected chi connectivity index (χ4v) is 3.33. The summed E-state index contributed by atoms with van der Waals surface area (Å²) in [5.74, 6) is 0.400. The average molecular weight is 245 g/mol. The van der Waals surface area contributed by atoms with Crippen LogP contribution in [0.25, 0.3) is 0 Å². The molecular formula is C13H11NO2S. The van der Waals surface area contributed by atoms with Crippen LogP contribution in [-0.2, 0) is 0 Å². The van der Waals surface area contributed by atoms with E-state index in [0.717, 1.165) is 16.0 Å². The van der Waals surface area contributed by atoms with Crippen LogP contribution >= 0.6 is 11.3 Å².